The highest BCUT2D eigenvalue weighted by Crippen LogP contribution is 2.36. The summed E-state index contributed by atoms with van der Waals surface area (Å²) in [5.74, 6) is 0.746. The minimum absolute atomic E-state index is 0.0155. The zero-order chi connectivity index (χ0) is 17.9. The Morgan fingerprint density at radius 1 is 1.54 bits per heavy atom. The van der Waals surface area contributed by atoms with E-state index < -0.39 is 12.1 Å². The number of hydrogen-bond acceptors (Lipinski definition) is 4. The largest absolute Gasteiger partial charge is 0.453 e. The fraction of sp³-hybridized carbons (Fsp3) is 0.688. The first-order valence-electron chi connectivity index (χ1n) is 8.26. The van der Waals surface area contributed by atoms with Crippen molar-refractivity contribution in [1.29, 1.82) is 0 Å². The Hall–Kier alpha value is -1.32. The molecule has 2 N–H and O–H groups in total. The summed E-state index contributed by atoms with van der Waals surface area (Å²) in [5, 5.41) is 2.71. The lowest BCUT2D eigenvalue weighted by atomic mass is 9.97. The molecule has 0 saturated carbocycles. The van der Waals surface area contributed by atoms with E-state index in [-0.39, 0.29) is 23.9 Å². The second-order valence-electron chi connectivity index (χ2n) is 6.30. The predicted octanol–water partition coefficient (Wildman–Crippen LogP) is 2.84. The molecule has 2 amide bonds. The number of rotatable bonds is 5. The number of nitrogens with zero attached hydrogens (tertiary/aromatic N) is 2. The van der Waals surface area contributed by atoms with Gasteiger partial charge in [-0.3, -0.25) is 4.79 Å². The fourth-order valence-electron chi connectivity index (χ4n) is 3.14. The normalized spacial score (nSPS) is 23.0. The number of imidazole rings is 1. The Balaban J connectivity index is 2.26. The molecule has 1 aromatic heterocycles. The van der Waals surface area contributed by atoms with E-state index in [1.807, 2.05) is 25.7 Å². The molecule has 4 atom stereocenters. The van der Waals surface area contributed by atoms with Crippen molar-refractivity contribution >= 4 is 34.6 Å². The summed E-state index contributed by atoms with van der Waals surface area (Å²) in [6.07, 6.45) is 3.75. The second kappa shape index (κ2) is 8.17. The lowest BCUT2D eigenvalue weighted by molar-refractivity contribution is -0.137. The van der Waals surface area contributed by atoms with Gasteiger partial charge in [-0.15, -0.1) is 0 Å². The summed E-state index contributed by atoms with van der Waals surface area (Å²) < 4.78 is 5.63. The molecular weight excluding hydrogens is 423 g/mol. The highest BCUT2D eigenvalue weighted by molar-refractivity contribution is 14.1. The van der Waals surface area contributed by atoms with Crippen LogP contribution in [-0.2, 0) is 9.53 Å². The molecule has 0 spiro atoms. The van der Waals surface area contributed by atoms with Gasteiger partial charge in [0.1, 0.15) is 11.9 Å². The maximum atomic E-state index is 13.2. The summed E-state index contributed by atoms with van der Waals surface area (Å²) >= 11 is 2.17. The Labute approximate surface area is 156 Å². The minimum Gasteiger partial charge on any atom is -0.453 e. The first kappa shape index (κ1) is 19.0. The Bertz CT molecular complexity index is 592. The number of carbonyl (C=O) groups excluding carboxylic acids is 2. The van der Waals surface area contributed by atoms with Crippen LogP contribution < -0.4 is 5.32 Å². The van der Waals surface area contributed by atoms with Gasteiger partial charge in [-0.1, -0.05) is 20.3 Å². The number of methoxy groups -OCH3 is 1. The second-order valence-corrected chi connectivity index (χ2v) is 7.47. The van der Waals surface area contributed by atoms with Crippen molar-refractivity contribution in [2.75, 3.05) is 7.11 Å². The van der Waals surface area contributed by atoms with Crippen LogP contribution in [0.2, 0.25) is 0 Å². The number of carbonyl (C=O) groups is 2. The molecule has 2 heterocycles. The van der Waals surface area contributed by atoms with Gasteiger partial charge in [0.2, 0.25) is 5.91 Å². The number of ether oxygens (including phenoxy) is 1. The molecule has 0 aromatic carbocycles. The van der Waals surface area contributed by atoms with Gasteiger partial charge >= 0.3 is 6.09 Å². The zero-order valence-electron chi connectivity index (χ0n) is 14.5. The van der Waals surface area contributed by atoms with Crippen LogP contribution in [0.5, 0.6) is 0 Å². The Morgan fingerprint density at radius 2 is 2.25 bits per heavy atom. The van der Waals surface area contributed by atoms with Gasteiger partial charge in [0.05, 0.1) is 23.0 Å². The minimum atomic E-state index is -0.598. The SMILES string of the molecule is CC[C@H](C)[C@H](NC(=O)OC)C(=O)N1[C@@H](C)CC[C@H]1c1ncc(I)[nH]1. The quantitative estimate of drug-likeness (QED) is 0.679. The van der Waals surface area contributed by atoms with Crippen molar-refractivity contribution in [3.8, 4) is 0 Å². The van der Waals surface area contributed by atoms with E-state index in [9.17, 15) is 9.59 Å². The molecule has 0 unspecified atom stereocenters. The van der Waals surface area contributed by atoms with Gasteiger partial charge < -0.3 is 19.9 Å². The predicted molar refractivity (Wildman–Crippen MR) is 98.4 cm³/mol. The first-order valence-corrected chi connectivity index (χ1v) is 9.33. The summed E-state index contributed by atoms with van der Waals surface area (Å²) in [6, 6.07) is -0.571. The molecule has 0 aliphatic carbocycles. The van der Waals surface area contributed by atoms with E-state index in [0.29, 0.717) is 0 Å². The Morgan fingerprint density at radius 3 is 2.79 bits per heavy atom. The van der Waals surface area contributed by atoms with E-state index in [1.54, 1.807) is 6.20 Å². The van der Waals surface area contributed by atoms with Crippen molar-refractivity contribution in [1.82, 2.24) is 20.2 Å². The van der Waals surface area contributed by atoms with Crippen molar-refractivity contribution < 1.29 is 14.3 Å². The third-order valence-corrected chi connectivity index (χ3v) is 5.29. The molecule has 0 bridgehead atoms. The molecule has 8 heteroatoms. The molecule has 2 rings (SSSR count). The highest BCUT2D eigenvalue weighted by atomic mass is 127. The van der Waals surface area contributed by atoms with E-state index in [1.165, 1.54) is 7.11 Å². The van der Waals surface area contributed by atoms with Crippen LogP contribution in [0.1, 0.15) is 51.9 Å². The molecule has 1 fully saturated rings. The van der Waals surface area contributed by atoms with Crippen LogP contribution in [0.15, 0.2) is 6.20 Å². The molecule has 0 radical (unpaired) electrons. The maximum absolute atomic E-state index is 13.2. The van der Waals surface area contributed by atoms with Crippen LogP contribution in [0.25, 0.3) is 0 Å². The summed E-state index contributed by atoms with van der Waals surface area (Å²) in [4.78, 5) is 34.4. The van der Waals surface area contributed by atoms with Crippen LogP contribution >= 0.6 is 22.6 Å². The van der Waals surface area contributed by atoms with Gasteiger partial charge in [-0.2, -0.15) is 0 Å². The molecule has 1 saturated heterocycles. The van der Waals surface area contributed by atoms with Gasteiger partial charge in [0.25, 0.3) is 0 Å². The average molecular weight is 448 g/mol. The zero-order valence-corrected chi connectivity index (χ0v) is 16.7. The average Bonchev–Trinajstić information content (AvgIpc) is 3.16. The lowest BCUT2D eigenvalue weighted by Crippen LogP contribution is -2.53. The van der Waals surface area contributed by atoms with E-state index in [2.05, 4.69) is 42.6 Å². The molecule has 7 nitrogen and oxygen atoms in total. The van der Waals surface area contributed by atoms with Crippen LogP contribution in [0, 0.1) is 9.62 Å². The summed E-state index contributed by atoms with van der Waals surface area (Å²) in [7, 11) is 1.31. The monoisotopic (exact) mass is 448 g/mol. The number of likely N-dealkylation sites (tertiary alicyclic amines) is 1. The van der Waals surface area contributed by atoms with Crippen molar-refractivity contribution in [3.05, 3.63) is 15.7 Å². The Kier molecular flexibility index (Phi) is 6.47. The van der Waals surface area contributed by atoms with Crippen molar-refractivity contribution in [2.24, 2.45) is 5.92 Å². The molecular formula is C16H25IN4O3. The number of nitrogens with one attached hydrogen (secondary N) is 2. The lowest BCUT2D eigenvalue weighted by Gasteiger charge is -2.33. The standard InChI is InChI=1S/C16H25IN4O3/c1-5-9(2)13(20-16(23)24-4)15(22)21-10(3)6-7-11(21)14-18-8-12(17)19-14/h8-11,13H,5-7H2,1-4H3,(H,18,19)(H,20,23)/t9-,10-,11-,13-/m0/s1. The third kappa shape index (κ3) is 4.01. The molecule has 134 valence electrons. The number of halogens is 1. The van der Waals surface area contributed by atoms with Gasteiger partial charge in [0.15, 0.2) is 0 Å². The number of H-pyrrole nitrogens is 1. The number of hydrogen-bond donors (Lipinski definition) is 2. The molecule has 1 aliphatic heterocycles. The maximum Gasteiger partial charge on any atom is 0.407 e. The molecule has 24 heavy (non-hydrogen) atoms. The fourth-order valence-corrected chi connectivity index (χ4v) is 3.55. The number of aromatic amines is 1. The van der Waals surface area contributed by atoms with Crippen LogP contribution in [0.4, 0.5) is 4.79 Å². The van der Waals surface area contributed by atoms with Gasteiger partial charge in [-0.25, -0.2) is 9.78 Å². The van der Waals surface area contributed by atoms with Crippen molar-refractivity contribution in [2.45, 2.75) is 58.2 Å². The number of alkyl carbamates (subject to hydrolysis) is 1. The first-order chi connectivity index (χ1) is 11.4. The van der Waals surface area contributed by atoms with Crippen molar-refractivity contribution in [3.63, 3.8) is 0 Å². The van der Waals surface area contributed by atoms with Gasteiger partial charge in [-0.05, 0) is 48.3 Å². The molecule has 1 aromatic rings. The number of amides is 2. The van der Waals surface area contributed by atoms with Crippen LogP contribution in [-0.4, -0.2) is 46.1 Å². The third-order valence-electron chi connectivity index (χ3n) is 4.74. The van der Waals surface area contributed by atoms with E-state index in [4.69, 9.17) is 0 Å². The van der Waals surface area contributed by atoms with Gasteiger partial charge in [0, 0.05) is 6.04 Å². The molecule has 1 aliphatic rings. The van der Waals surface area contributed by atoms with E-state index >= 15 is 0 Å². The summed E-state index contributed by atoms with van der Waals surface area (Å²) in [5.41, 5.74) is 0. The topological polar surface area (TPSA) is 87.3 Å². The smallest absolute Gasteiger partial charge is 0.407 e. The number of aromatic nitrogens is 2. The summed E-state index contributed by atoms with van der Waals surface area (Å²) in [6.45, 7) is 6.01. The highest BCUT2D eigenvalue weighted by Gasteiger charge is 2.41. The van der Waals surface area contributed by atoms with Crippen LogP contribution in [0.3, 0.4) is 0 Å². The van der Waals surface area contributed by atoms with E-state index in [0.717, 1.165) is 28.8 Å².